The molecule has 0 radical (unpaired) electrons. The molecule has 2 rings (SSSR count). The zero-order chi connectivity index (χ0) is 20.9. The van der Waals surface area contributed by atoms with Crippen LogP contribution in [0.25, 0.3) is 0 Å². The largest absolute Gasteiger partial charge is 0.454 e. The molecule has 1 aliphatic carbocycles. The van der Waals surface area contributed by atoms with Gasteiger partial charge >= 0.3 is 12.0 Å². The van der Waals surface area contributed by atoms with Crippen LogP contribution in [0.3, 0.4) is 0 Å². The van der Waals surface area contributed by atoms with Gasteiger partial charge in [0.2, 0.25) is 5.91 Å². The van der Waals surface area contributed by atoms with Gasteiger partial charge in [-0.25, -0.2) is 4.79 Å². The maximum Gasteiger partial charge on any atom is 0.326 e. The number of hydrogen-bond acceptors (Lipinski definition) is 6. The van der Waals surface area contributed by atoms with E-state index in [1.54, 1.807) is 6.92 Å². The van der Waals surface area contributed by atoms with E-state index in [0.29, 0.717) is 13.0 Å². The summed E-state index contributed by atoms with van der Waals surface area (Å²) in [6, 6.07) is -1.39. The van der Waals surface area contributed by atoms with E-state index >= 15 is 0 Å². The van der Waals surface area contributed by atoms with E-state index in [9.17, 15) is 24.0 Å². The number of ether oxygens (including phenoxy) is 1. The minimum absolute atomic E-state index is 0.0137. The fourth-order valence-corrected chi connectivity index (χ4v) is 3.64. The Kier molecular flexibility index (Phi) is 6.98. The Bertz CT molecular complexity index is 666. The van der Waals surface area contributed by atoms with Crippen molar-refractivity contribution in [2.45, 2.75) is 58.0 Å². The van der Waals surface area contributed by atoms with E-state index in [2.05, 4.69) is 16.0 Å². The third kappa shape index (κ3) is 4.60. The van der Waals surface area contributed by atoms with Crippen molar-refractivity contribution >= 4 is 29.7 Å². The first-order valence-electron chi connectivity index (χ1n) is 9.58. The summed E-state index contributed by atoms with van der Waals surface area (Å²) < 4.78 is 4.85. The topological polar surface area (TPSA) is 134 Å². The molecule has 3 atom stereocenters. The van der Waals surface area contributed by atoms with Crippen LogP contribution in [0.4, 0.5) is 4.79 Å². The lowest BCUT2D eigenvalue weighted by Gasteiger charge is -2.36. The molecule has 10 heteroatoms. The number of nitrogens with zero attached hydrogens (tertiary/aromatic N) is 1. The standard InChI is InChI=1S/C18H28N4O6/c1-4-19-15(25)12(3)20-13(23)10-28-14(24)9-22-16(26)18(21-17(22)27)8-6-5-7-11(18)2/h11-12H,4-10H2,1-3H3,(H,19,25)(H,20,23)(H,21,27)/t11-,12-,18+/m0/s1. The molecule has 28 heavy (non-hydrogen) atoms. The Hall–Kier alpha value is -2.65. The third-order valence-corrected chi connectivity index (χ3v) is 5.27. The van der Waals surface area contributed by atoms with Crippen LogP contribution >= 0.6 is 0 Å². The molecule has 1 spiro atoms. The number of esters is 1. The van der Waals surface area contributed by atoms with Gasteiger partial charge in [-0.3, -0.25) is 24.1 Å². The smallest absolute Gasteiger partial charge is 0.326 e. The van der Waals surface area contributed by atoms with Gasteiger partial charge in [-0.2, -0.15) is 0 Å². The maximum absolute atomic E-state index is 12.8. The molecular formula is C18H28N4O6. The van der Waals surface area contributed by atoms with Crippen molar-refractivity contribution in [1.29, 1.82) is 0 Å². The van der Waals surface area contributed by atoms with Crippen molar-refractivity contribution < 1.29 is 28.7 Å². The molecule has 1 saturated carbocycles. The monoisotopic (exact) mass is 396 g/mol. The van der Waals surface area contributed by atoms with Crippen molar-refractivity contribution in [2.75, 3.05) is 19.7 Å². The summed E-state index contributed by atoms with van der Waals surface area (Å²) in [6.45, 7) is 4.44. The Morgan fingerprint density at radius 1 is 1.32 bits per heavy atom. The summed E-state index contributed by atoms with van der Waals surface area (Å²) >= 11 is 0. The highest BCUT2D eigenvalue weighted by molar-refractivity contribution is 6.09. The van der Waals surface area contributed by atoms with Gasteiger partial charge in [0.15, 0.2) is 6.61 Å². The van der Waals surface area contributed by atoms with Gasteiger partial charge in [-0.15, -0.1) is 0 Å². The van der Waals surface area contributed by atoms with E-state index in [1.807, 2.05) is 6.92 Å². The number of hydrogen-bond donors (Lipinski definition) is 3. The van der Waals surface area contributed by atoms with Crippen LogP contribution in [0.5, 0.6) is 0 Å². The molecule has 0 aromatic carbocycles. The van der Waals surface area contributed by atoms with Crippen LogP contribution in [-0.4, -0.2) is 65.9 Å². The van der Waals surface area contributed by atoms with E-state index in [1.165, 1.54) is 6.92 Å². The van der Waals surface area contributed by atoms with E-state index in [4.69, 9.17) is 4.74 Å². The van der Waals surface area contributed by atoms with Crippen molar-refractivity contribution in [2.24, 2.45) is 5.92 Å². The highest BCUT2D eigenvalue weighted by atomic mass is 16.5. The van der Waals surface area contributed by atoms with Crippen molar-refractivity contribution in [3.05, 3.63) is 0 Å². The quantitative estimate of drug-likeness (QED) is 0.399. The lowest BCUT2D eigenvalue weighted by Crippen LogP contribution is -2.54. The van der Waals surface area contributed by atoms with Crippen LogP contribution in [0.15, 0.2) is 0 Å². The second-order valence-corrected chi connectivity index (χ2v) is 7.28. The second-order valence-electron chi connectivity index (χ2n) is 7.28. The number of urea groups is 1. The number of rotatable bonds is 7. The van der Waals surface area contributed by atoms with Gasteiger partial charge in [-0.05, 0) is 32.6 Å². The summed E-state index contributed by atoms with van der Waals surface area (Å²) in [4.78, 5) is 61.2. The van der Waals surface area contributed by atoms with Gasteiger partial charge in [0.05, 0.1) is 0 Å². The molecule has 0 aromatic rings. The Balaban J connectivity index is 1.84. The van der Waals surface area contributed by atoms with Crippen LogP contribution in [0.1, 0.15) is 46.5 Å². The molecule has 5 amide bonds. The number of carbonyl (C=O) groups is 5. The van der Waals surface area contributed by atoms with Gasteiger partial charge in [0.25, 0.3) is 11.8 Å². The molecule has 3 N–H and O–H groups in total. The molecule has 0 aromatic heterocycles. The Morgan fingerprint density at radius 3 is 2.68 bits per heavy atom. The molecule has 1 aliphatic heterocycles. The predicted molar refractivity (Wildman–Crippen MR) is 97.9 cm³/mol. The van der Waals surface area contributed by atoms with E-state index in [-0.39, 0.29) is 11.8 Å². The third-order valence-electron chi connectivity index (χ3n) is 5.27. The molecular weight excluding hydrogens is 368 g/mol. The first-order valence-corrected chi connectivity index (χ1v) is 9.58. The number of imide groups is 1. The van der Waals surface area contributed by atoms with Gasteiger partial charge in [0.1, 0.15) is 18.1 Å². The van der Waals surface area contributed by atoms with Crippen LogP contribution in [-0.2, 0) is 23.9 Å². The van der Waals surface area contributed by atoms with Gasteiger partial charge < -0.3 is 20.7 Å². The SMILES string of the molecule is CCNC(=O)[C@H](C)NC(=O)COC(=O)CN1C(=O)N[C@@]2(CCCC[C@@H]2C)C1=O. The highest BCUT2D eigenvalue weighted by Crippen LogP contribution is 2.38. The average molecular weight is 396 g/mol. The zero-order valence-corrected chi connectivity index (χ0v) is 16.5. The van der Waals surface area contributed by atoms with E-state index < -0.39 is 48.5 Å². The van der Waals surface area contributed by atoms with Crippen LogP contribution in [0, 0.1) is 5.92 Å². The molecule has 0 unspecified atom stereocenters. The minimum Gasteiger partial charge on any atom is -0.454 e. The summed E-state index contributed by atoms with van der Waals surface area (Å²) in [6.07, 6.45) is 3.20. The minimum atomic E-state index is -0.949. The van der Waals surface area contributed by atoms with Crippen LogP contribution < -0.4 is 16.0 Å². The normalized spacial score (nSPS) is 25.2. The summed E-state index contributed by atoms with van der Waals surface area (Å²) in [5.74, 6) is -2.31. The number of amides is 5. The number of nitrogens with one attached hydrogen (secondary N) is 3. The fourth-order valence-electron chi connectivity index (χ4n) is 3.64. The molecule has 1 saturated heterocycles. The molecule has 2 aliphatic rings. The summed E-state index contributed by atoms with van der Waals surface area (Å²) in [7, 11) is 0. The Labute approximate surface area is 163 Å². The van der Waals surface area contributed by atoms with Crippen molar-refractivity contribution in [1.82, 2.24) is 20.9 Å². The lowest BCUT2D eigenvalue weighted by atomic mass is 9.73. The van der Waals surface area contributed by atoms with Crippen molar-refractivity contribution in [3.8, 4) is 0 Å². The molecule has 156 valence electrons. The Morgan fingerprint density at radius 2 is 2.04 bits per heavy atom. The number of carbonyl (C=O) groups excluding carboxylic acids is 5. The van der Waals surface area contributed by atoms with E-state index in [0.717, 1.165) is 24.2 Å². The van der Waals surface area contributed by atoms with Gasteiger partial charge in [-0.1, -0.05) is 19.8 Å². The zero-order valence-electron chi connectivity index (χ0n) is 16.5. The van der Waals surface area contributed by atoms with Gasteiger partial charge in [0, 0.05) is 6.54 Å². The first-order chi connectivity index (χ1) is 13.2. The molecule has 1 heterocycles. The van der Waals surface area contributed by atoms with Crippen LogP contribution in [0.2, 0.25) is 0 Å². The average Bonchev–Trinajstić information content (AvgIpc) is 2.87. The highest BCUT2D eigenvalue weighted by Gasteiger charge is 2.55. The molecule has 0 bridgehead atoms. The lowest BCUT2D eigenvalue weighted by molar-refractivity contribution is -0.151. The summed E-state index contributed by atoms with van der Waals surface area (Å²) in [5.41, 5.74) is -0.949. The first kappa shape index (κ1) is 21.6. The molecule has 2 fully saturated rings. The number of likely N-dealkylation sites (N-methyl/N-ethyl adjacent to an activating group) is 1. The predicted octanol–water partition coefficient (Wildman–Crippen LogP) is -0.329. The molecule has 10 nitrogen and oxygen atoms in total. The second kappa shape index (κ2) is 9.03. The fraction of sp³-hybridized carbons (Fsp3) is 0.722. The maximum atomic E-state index is 12.8. The summed E-state index contributed by atoms with van der Waals surface area (Å²) in [5, 5.41) is 7.70. The van der Waals surface area contributed by atoms with Crippen molar-refractivity contribution in [3.63, 3.8) is 0 Å².